The van der Waals surface area contributed by atoms with Gasteiger partial charge in [-0.25, -0.2) is 4.39 Å². The lowest BCUT2D eigenvalue weighted by molar-refractivity contribution is 0.321. The van der Waals surface area contributed by atoms with E-state index in [1.165, 1.54) is 11.8 Å². The molecule has 1 aliphatic rings. The fourth-order valence-electron chi connectivity index (χ4n) is 2.45. The highest BCUT2D eigenvalue weighted by Gasteiger charge is 2.28. The van der Waals surface area contributed by atoms with Crippen molar-refractivity contribution in [1.82, 2.24) is 0 Å². The van der Waals surface area contributed by atoms with Crippen LogP contribution in [0.4, 0.5) is 10.1 Å². The summed E-state index contributed by atoms with van der Waals surface area (Å²) in [5.74, 6) is 2.31. The molecular weight excluding hydrogens is 261 g/mol. The molecule has 0 spiro atoms. The second kappa shape index (κ2) is 6.04. The summed E-state index contributed by atoms with van der Waals surface area (Å²) in [6.07, 6.45) is 1.12. The third-order valence-electron chi connectivity index (χ3n) is 3.21. The Bertz CT molecular complexity index is 436. The van der Waals surface area contributed by atoms with E-state index >= 15 is 0 Å². The van der Waals surface area contributed by atoms with Gasteiger partial charge in [0.1, 0.15) is 0 Å². The van der Waals surface area contributed by atoms with Gasteiger partial charge in [0.15, 0.2) is 11.6 Å². The average molecular weight is 283 g/mol. The van der Waals surface area contributed by atoms with Gasteiger partial charge in [0.25, 0.3) is 0 Å². The van der Waals surface area contributed by atoms with E-state index in [0.717, 1.165) is 17.9 Å². The molecule has 1 unspecified atom stereocenters. The van der Waals surface area contributed by atoms with Crippen molar-refractivity contribution in [2.24, 2.45) is 5.41 Å². The van der Waals surface area contributed by atoms with Crippen LogP contribution >= 0.6 is 11.8 Å². The number of benzene rings is 1. The zero-order valence-electron chi connectivity index (χ0n) is 11.8. The highest BCUT2D eigenvalue weighted by molar-refractivity contribution is 7.99. The summed E-state index contributed by atoms with van der Waals surface area (Å²) in [7, 11) is 0. The van der Waals surface area contributed by atoms with Crippen molar-refractivity contribution in [3.8, 4) is 5.75 Å². The Labute approximate surface area is 119 Å². The third kappa shape index (κ3) is 4.03. The molecule has 0 radical (unpaired) electrons. The van der Waals surface area contributed by atoms with Gasteiger partial charge in [0, 0.05) is 23.5 Å². The lowest BCUT2D eigenvalue weighted by atomic mass is 9.88. The number of hydrogen-bond acceptors (Lipinski definition) is 3. The number of hydrogen-bond donors (Lipinski definition) is 1. The van der Waals surface area contributed by atoms with Crippen LogP contribution in [-0.2, 0) is 0 Å². The van der Waals surface area contributed by atoms with Crippen molar-refractivity contribution in [1.29, 1.82) is 0 Å². The maximum atomic E-state index is 13.8. The van der Waals surface area contributed by atoms with Crippen LogP contribution in [0.25, 0.3) is 0 Å². The molecule has 1 N–H and O–H groups in total. The number of anilines is 1. The largest absolute Gasteiger partial charge is 0.491 e. The van der Waals surface area contributed by atoms with Crippen LogP contribution in [0.15, 0.2) is 18.2 Å². The summed E-state index contributed by atoms with van der Waals surface area (Å²) >= 11 is 1.96. The van der Waals surface area contributed by atoms with Crippen molar-refractivity contribution in [2.45, 2.75) is 33.2 Å². The van der Waals surface area contributed by atoms with Gasteiger partial charge in [-0.15, -0.1) is 0 Å². The summed E-state index contributed by atoms with van der Waals surface area (Å²) in [6.45, 7) is 6.91. The standard InChI is InChI=1S/C15H22FNOS/c1-4-18-14-6-5-11(7-13(14)16)17-12-8-15(2,3)10-19-9-12/h5-7,12,17H,4,8-10H2,1-3H3. The Hall–Kier alpha value is -0.900. The zero-order valence-corrected chi connectivity index (χ0v) is 12.6. The first-order valence-electron chi connectivity index (χ1n) is 6.77. The second-order valence-corrected chi connectivity index (χ2v) is 6.83. The van der Waals surface area contributed by atoms with E-state index in [9.17, 15) is 4.39 Å². The van der Waals surface area contributed by atoms with E-state index in [1.807, 2.05) is 24.8 Å². The Kier molecular flexibility index (Phi) is 4.61. The van der Waals surface area contributed by atoms with Gasteiger partial charge in [-0.2, -0.15) is 11.8 Å². The number of rotatable bonds is 4. The summed E-state index contributed by atoms with van der Waals surface area (Å²) in [5.41, 5.74) is 1.19. The van der Waals surface area contributed by atoms with Crippen molar-refractivity contribution in [3.05, 3.63) is 24.0 Å². The molecule has 1 saturated heterocycles. The van der Waals surface area contributed by atoms with E-state index in [-0.39, 0.29) is 5.82 Å². The molecule has 0 amide bonds. The van der Waals surface area contributed by atoms with Crippen LogP contribution < -0.4 is 10.1 Å². The van der Waals surface area contributed by atoms with Crippen LogP contribution in [0.5, 0.6) is 5.75 Å². The highest BCUT2D eigenvalue weighted by Crippen LogP contribution is 2.35. The van der Waals surface area contributed by atoms with Gasteiger partial charge in [-0.05, 0) is 36.6 Å². The van der Waals surface area contributed by atoms with Gasteiger partial charge in [0.2, 0.25) is 0 Å². The predicted molar refractivity (Wildman–Crippen MR) is 80.7 cm³/mol. The first-order chi connectivity index (χ1) is 9.00. The topological polar surface area (TPSA) is 21.3 Å². The smallest absolute Gasteiger partial charge is 0.167 e. The summed E-state index contributed by atoms with van der Waals surface area (Å²) < 4.78 is 19.0. The molecule has 1 heterocycles. The van der Waals surface area contributed by atoms with E-state index in [0.29, 0.717) is 23.8 Å². The molecule has 0 saturated carbocycles. The number of halogens is 1. The normalized spacial score (nSPS) is 22.0. The third-order valence-corrected chi connectivity index (χ3v) is 4.84. The number of nitrogens with one attached hydrogen (secondary N) is 1. The molecule has 2 rings (SSSR count). The molecule has 0 bridgehead atoms. The lowest BCUT2D eigenvalue weighted by Gasteiger charge is -2.35. The Morgan fingerprint density at radius 3 is 2.89 bits per heavy atom. The van der Waals surface area contributed by atoms with Crippen LogP contribution in [0.2, 0.25) is 0 Å². The molecule has 0 aromatic heterocycles. The Morgan fingerprint density at radius 2 is 2.26 bits per heavy atom. The van der Waals surface area contributed by atoms with Crippen LogP contribution in [0, 0.1) is 11.2 Å². The zero-order chi connectivity index (χ0) is 13.9. The van der Waals surface area contributed by atoms with Crippen molar-refractivity contribution >= 4 is 17.4 Å². The average Bonchev–Trinajstić information content (AvgIpc) is 2.31. The first-order valence-corrected chi connectivity index (χ1v) is 7.92. The molecular formula is C15H22FNOS. The molecule has 0 aliphatic carbocycles. The van der Waals surface area contributed by atoms with Crippen LogP contribution in [0.3, 0.4) is 0 Å². The van der Waals surface area contributed by atoms with Crippen molar-refractivity contribution in [3.63, 3.8) is 0 Å². The first kappa shape index (κ1) is 14.5. The van der Waals surface area contributed by atoms with E-state index in [1.54, 1.807) is 6.07 Å². The highest BCUT2D eigenvalue weighted by atomic mass is 32.2. The van der Waals surface area contributed by atoms with Crippen LogP contribution in [-0.4, -0.2) is 24.2 Å². The molecule has 106 valence electrons. The van der Waals surface area contributed by atoms with Crippen molar-refractivity contribution < 1.29 is 9.13 Å². The van der Waals surface area contributed by atoms with Crippen molar-refractivity contribution in [2.75, 3.05) is 23.4 Å². The molecule has 2 nitrogen and oxygen atoms in total. The summed E-state index contributed by atoms with van der Waals surface area (Å²) in [4.78, 5) is 0. The quantitative estimate of drug-likeness (QED) is 0.896. The molecule has 1 atom stereocenters. The van der Waals surface area contributed by atoms with Gasteiger partial charge in [-0.3, -0.25) is 0 Å². The lowest BCUT2D eigenvalue weighted by Crippen LogP contribution is -2.35. The van der Waals surface area contributed by atoms with Crippen LogP contribution in [0.1, 0.15) is 27.2 Å². The van der Waals surface area contributed by atoms with E-state index < -0.39 is 0 Å². The second-order valence-electron chi connectivity index (χ2n) is 5.80. The fourth-order valence-corrected chi connectivity index (χ4v) is 3.73. The maximum absolute atomic E-state index is 13.8. The minimum Gasteiger partial charge on any atom is -0.491 e. The van der Waals surface area contributed by atoms with Gasteiger partial charge >= 0.3 is 0 Å². The minimum absolute atomic E-state index is 0.297. The Morgan fingerprint density at radius 1 is 1.47 bits per heavy atom. The monoisotopic (exact) mass is 283 g/mol. The summed E-state index contributed by atoms with van der Waals surface area (Å²) in [5, 5.41) is 3.43. The number of ether oxygens (including phenoxy) is 1. The minimum atomic E-state index is -0.297. The van der Waals surface area contributed by atoms with E-state index in [4.69, 9.17) is 4.74 Å². The fraction of sp³-hybridized carbons (Fsp3) is 0.600. The SMILES string of the molecule is CCOc1ccc(NC2CSCC(C)(C)C2)cc1F. The molecule has 1 fully saturated rings. The maximum Gasteiger partial charge on any atom is 0.167 e. The molecule has 1 aliphatic heterocycles. The molecule has 1 aromatic carbocycles. The molecule has 4 heteroatoms. The molecule has 19 heavy (non-hydrogen) atoms. The molecule has 1 aromatic rings. The van der Waals surface area contributed by atoms with Gasteiger partial charge < -0.3 is 10.1 Å². The Balaban J connectivity index is 2.01. The number of thioether (sulfide) groups is 1. The van der Waals surface area contributed by atoms with Gasteiger partial charge in [0.05, 0.1) is 6.61 Å². The summed E-state index contributed by atoms with van der Waals surface area (Å²) in [6, 6.07) is 5.52. The van der Waals surface area contributed by atoms with Gasteiger partial charge in [-0.1, -0.05) is 13.8 Å². The van der Waals surface area contributed by atoms with E-state index in [2.05, 4.69) is 19.2 Å². The predicted octanol–water partition coefficient (Wildman–Crippen LogP) is 4.17.